The maximum absolute atomic E-state index is 2.48. The van der Waals surface area contributed by atoms with Gasteiger partial charge in [-0.05, 0) is 136 Å². The van der Waals surface area contributed by atoms with Crippen molar-refractivity contribution in [2.75, 3.05) is 23.9 Å². The molecule has 0 fully saturated rings. The summed E-state index contributed by atoms with van der Waals surface area (Å²) in [7, 11) is 0.500. The molecule has 4 heterocycles. The zero-order valence-electron chi connectivity index (χ0n) is 37.7. The molecule has 0 N–H and O–H groups in total. The molecule has 8 aromatic carbocycles. The van der Waals surface area contributed by atoms with Crippen molar-refractivity contribution in [3.8, 4) is 11.1 Å². The van der Waals surface area contributed by atoms with Gasteiger partial charge in [0.15, 0.2) is 0 Å². The van der Waals surface area contributed by atoms with Crippen LogP contribution >= 0.6 is 0 Å². The molecule has 2 spiro atoms. The molecule has 1 aliphatic carbocycles. The van der Waals surface area contributed by atoms with Crippen molar-refractivity contribution in [1.29, 1.82) is 0 Å². The van der Waals surface area contributed by atoms with Crippen LogP contribution in [0.4, 0.5) is 22.7 Å². The van der Waals surface area contributed by atoms with Crippen LogP contribution in [0.15, 0.2) is 170 Å². The van der Waals surface area contributed by atoms with Gasteiger partial charge in [-0.3, -0.25) is 0 Å². The lowest BCUT2D eigenvalue weighted by Gasteiger charge is -2.41. The summed E-state index contributed by atoms with van der Waals surface area (Å²) in [5, 5.41) is 6.31. The van der Waals surface area contributed by atoms with Crippen LogP contribution in [0.25, 0.3) is 35.4 Å². The largest absolute Gasteiger partial charge is 0.345 e. The second-order valence-electron chi connectivity index (χ2n) is 20.0. The van der Waals surface area contributed by atoms with E-state index >= 15 is 0 Å². The van der Waals surface area contributed by atoms with Gasteiger partial charge in [0.2, 0.25) is 0 Å². The summed E-state index contributed by atoms with van der Waals surface area (Å²) >= 11 is 0. The molecule has 0 saturated carbocycles. The number of fused-ring (bicyclic) bond motifs is 13. The van der Waals surface area contributed by atoms with Crippen molar-refractivity contribution in [3.05, 3.63) is 225 Å². The monoisotopic (exact) mass is 868 g/mol. The van der Waals surface area contributed by atoms with Gasteiger partial charge in [0.1, 0.15) is 16.1 Å². The average molecular weight is 869 g/mol. The molecule has 4 aliphatic heterocycles. The van der Waals surface area contributed by atoms with Gasteiger partial charge < -0.3 is 9.80 Å². The first-order chi connectivity index (χ1) is 31.7. The van der Waals surface area contributed by atoms with Crippen molar-refractivity contribution in [2.24, 2.45) is 0 Å². The van der Waals surface area contributed by atoms with Crippen LogP contribution < -0.4 is 30.5 Å². The molecular formula is C61H52N2Si2. The first-order valence-electron chi connectivity index (χ1n) is 23.5. The zero-order valence-corrected chi connectivity index (χ0v) is 39.7. The van der Waals surface area contributed by atoms with Crippen LogP contribution in [0.3, 0.4) is 0 Å². The molecule has 0 saturated heterocycles. The maximum atomic E-state index is 2.48. The number of benzene rings is 8. The topological polar surface area (TPSA) is 6.48 Å². The van der Waals surface area contributed by atoms with Crippen molar-refractivity contribution < 1.29 is 0 Å². The molecule has 0 aromatic heterocycles. The van der Waals surface area contributed by atoms with Crippen molar-refractivity contribution in [1.82, 2.24) is 0 Å². The van der Waals surface area contributed by atoms with Crippen molar-refractivity contribution in [3.63, 3.8) is 0 Å². The quantitative estimate of drug-likeness (QED) is 0.128. The van der Waals surface area contributed by atoms with Gasteiger partial charge in [0.05, 0.1) is 0 Å². The summed E-state index contributed by atoms with van der Waals surface area (Å²) in [5.74, 6) is 0. The number of nitrogens with zero attached hydrogens (tertiary/aromatic N) is 2. The normalized spacial score (nSPS) is 17.2. The zero-order chi connectivity index (χ0) is 43.7. The van der Waals surface area contributed by atoms with Crippen LogP contribution in [-0.4, -0.2) is 30.2 Å². The summed E-state index contributed by atoms with van der Waals surface area (Å²) in [6.45, 7) is 4.80. The molecule has 8 aromatic rings. The molecule has 65 heavy (non-hydrogen) atoms. The lowest BCUT2D eigenvalue weighted by Crippen LogP contribution is -2.64. The van der Waals surface area contributed by atoms with E-state index in [1.807, 2.05) is 0 Å². The highest BCUT2D eigenvalue weighted by molar-refractivity contribution is 7.05. The summed E-state index contributed by atoms with van der Waals surface area (Å²) in [5.41, 5.74) is 22.0. The number of rotatable bonds is 4. The third kappa shape index (κ3) is 5.70. The first-order valence-corrected chi connectivity index (χ1v) is 28.3. The summed E-state index contributed by atoms with van der Waals surface area (Å²) in [6.07, 6.45) is 9.26. The van der Waals surface area contributed by atoms with Gasteiger partial charge in [-0.15, -0.1) is 0 Å². The fourth-order valence-electron chi connectivity index (χ4n) is 12.9. The second-order valence-corrected chi connectivity index (χ2v) is 27.9. The van der Waals surface area contributed by atoms with Crippen molar-refractivity contribution in [2.45, 2.75) is 43.4 Å². The highest BCUT2D eigenvalue weighted by Gasteiger charge is 2.50. The first kappa shape index (κ1) is 38.7. The highest BCUT2D eigenvalue weighted by atomic mass is 28.3. The van der Waals surface area contributed by atoms with Gasteiger partial charge in [0, 0.05) is 42.3 Å². The van der Waals surface area contributed by atoms with E-state index < -0.39 is 16.1 Å². The van der Waals surface area contributed by atoms with Crippen LogP contribution in [0, 0.1) is 0 Å². The number of hydrogen-bond donors (Lipinski definition) is 0. The fraction of sp³-hybridized carbons (Fsp3) is 0.148. The maximum Gasteiger partial charge on any atom is 0.132 e. The second kappa shape index (κ2) is 14.1. The van der Waals surface area contributed by atoms with Gasteiger partial charge in [-0.25, -0.2) is 0 Å². The SMILES string of the molecule is CN1c2ccccc2[Si]2(Cc3ccccc3C2)c2ccc(/C=C/c3ccc4c(c3)C(C)(C)c3cc(/C=C/c5ccc6c(c5)N(C)c5ccccc5[Si]65Cc6ccccc6C5)ccc3-4)cc21. The predicted octanol–water partition coefficient (Wildman–Crippen LogP) is 11.4. The number of hydrogen-bond acceptors (Lipinski definition) is 2. The molecular weight excluding hydrogens is 817 g/mol. The third-order valence-corrected chi connectivity index (χ3v) is 26.0. The van der Waals surface area contributed by atoms with E-state index in [1.54, 1.807) is 43.0 Å². The Labute approximate surface area is 385 Å². The molecule has 0 unspecified atom stereocenters. The van der Waals surface area contributed by atoms with E-state index in [0.29, 0.717) is 0 Å². The minimum absolute atomic E-state index is 0.113. The van der Waals surface area contributed by atoms with Crippen LogP contribution in [0.2, 0.25) is 0 Å². The Kier molecular flexibility index (Phi) is 8.42. The van der Waals surface area contributed by atoms with E-state index in [2.05, 4.69) is 232 Å². The predicted molar refractivity (Wildman–Crippen MR) is 281 cm³/mol. The standard InChI is InChI=1S/C61H52N2Si2/c1-61(2)51-33-41(21-23-43-27-31-59-55(35-43)62(3)53-17-9-11-19-57(53)64(59)37-45-13-5-6-14-46(45)38-64)25-29-49(51)50-30-26-42(34-52(50)61)22-24-44-28-32-60-56(36-44)63(4)54-18-10-12-20-58(54)65(60)39-47-15-7-8-16-48(47)40-65/h5-36H,37-40H2,1-4H3/b23-21+,24-22+. The lowest BCUT2D eigenvalue weighted by molar-refractivity contribution is 0.660. The van der Waals surface area contributed by atoms with Gasteiger partial charge in [-0.2, -0.15) is 0 Å². The number of para-hydroxylation sites is 2. The summed E-state index contributed by atoms with van der Waals surface area (Å²) < 4.78 is 0. The van der Waals surface area contributed by atoms with Crippen LogP contribution in [0.5, 0.6) is 0 Å². The Bertz CT molecular complexity index is 3100. The molecule has 0 radical (unpaired) electrons. The highest BCUT2D eigenvalue weighted by Crippen LogP contribution is 2.49. The number of anilines is 4. The van der Waals surface area contributed by atoms with Crippen molar-refractivity contribution >= 4 is 83.9 Å². The fourth-order valence-corrected chi connectivity index (χ4v) is 23.8. The smallest absolute Gasteiger partial charge is 0.132 e. The van der Waals surface area contributed by atoms with E-state index in [4.69, 9.17) is 0 Å². The minimum atomic E-state index is -2.01. The molecule has 0 amide bonds. The average Bonchev–Trinajstić information content (AvgIpc) is 4.00. The molecule has 13 rings (SSSR count). The molecule has 4 heteroatoms. The van der Waals surface area contributed by atoms with E-state index in [-0.39, 0.29) is 5.41 Å². The Morgan fingerprint density at radius 1 is 0.369 bits per heavy atom. The Hall–Kier alpha value is -6.73. The Morgan fingerprint density at radius 3 is 1.09 bits per heavy atom. The molecule has 5 aliphatic rings. The molecule has 0 bridgehead atoms. The Balaban J connectivity index is 0.774. The summed E-state index contributed by atoms with van der Waals surface area (Å²) in [6, 6.07) is 70.2. The Morgan fingerprint density at radius 2 is 0.692 bits per heavy atom. The summed E-state index contributed by atoms with van der Waals surface area (Å²) in [4.78, 5) is 4.89. The minimum Gasteiger partial charge on any atom is -0.345 e. The van der Waals surface area contributed by atoms with E-state index in [1.165, 1.54) is 91.4 Å². The molecule has 2 nitrogen and oxygen atoms in total. The third-order valence-electron chi connectivity index (χ3n) is 16.2. The van der Waals surface area contributed by atoms with Gasteiger partial charge >= 0.3 is 0 Å². The lowest BCUT2D eigenvalue weighted by atomic mass is 9.81. The molecule has 0 atom stereocenters. The van der Waals surface area contributed by atoms with Crippen LogP contribution in [-0.2, 0) is 29.6 Å². The van der Waals surface area contributed by atoms with Gasteiger partial charge in [-0.1, -0.05) is 184 Å². The molecule has 314 valence electrons. The van der Waals surface area contributed by atoms with E-state index in [9.17, 15) is 0 Å². The van der Waals surface area contributed by atoms with Crippen LogP contribution in [0.1, 0.15) is 69.5 Å². The van der Waals surface area contributed by atoms with E-state index in [0.717, 1.165) is 0 Å². The van der Waals surface area contributed by atoms with Gasteiger partial charge in [0.25, 0.3) is 0 Å².